The number of nitrogens with one attached hydrogen (secondary N) is 2. The van der Waals surface area contributed by atoms with Crippen LogP contribution in [0, 0.1) is 13.8 Å². The summed E-state index contributed by atoms with van der Waals surface area (Å²) >= 11 is 0. The minimum absolute atomic E-state index is 0.254. The fourth-order valence-corrected chi connectivity index (χ4v) is 3.16. The molecule has 5 heteroatoms. The first kappa shape index (κ1) is 15.7. The van der Waals surface area contributed by atoms with Crippen molar-refractivity contribution >= 4 is 5.82 Å². The lowest BCUT2D eigenvalue weighted by molar-refractivity contribution is 0.414. The van der Waals surface area contributed by atoms with Crippen LogP contribution in [0.25, 0.3) is 11.3 Å². The summed E-state index contributed by atoms with van der Waals surface area (Å²) in [5.41, 5.74) is 3.49. The van der Waals surface area contributed by atoms with E-state index in [1.807, 2.05) is 32.0 Å². The Morgan fingerprint density at radius 2 is 2.09 bits per heavy atom. The van der Waals surface area contributed by atoms with E-state index in [0.29, 0.717) is 11.7 Å². The molecule has 1 aliphatic heterocycles. The van der Waals surface area contributed by atoms with Gasteiger partial charge in [0.1, 0.15) is 11.6 Å². The minimum atomic E-state index is 0.254. The van der Waals surface area contributed by atoms with Gasteiger partial charge in [0.05, 0.1) is 5.69 Å². The Balaban J connectivity index is 1.69. The number of hydrogen-bond donors (Lipinski definition) is 3. The van der Waals surface area contributed by atoms with Crippen molar-refractivity contribution in [3.63, 3.8) is 0 Å². The van der Waals surface area contributed by atoms with Gasteiger partial charge in [0, 0.05) is 18.2 Å². The van der Waals surface area contributed by atoms with Gasteiger partial charge in [-0.2, -0.15) is 0 Å². The van der Waals surface area contributed by atoms with Gasteiger partial charge in [0.25, 0.3) is 0 Å². The zero-order valence-electron chi connectivity index (χ0n) is 13.8. The third-order valence-electron chi connectivity index (χ3n) is 4.32. The van der Waals surface area contributed by atoms with Gasteiger partial charge >= 0.3 is 0 Å². The molecule has 1 saturated heterocycles. The number of anilines is 1. The zero-order valence-corrected chi connectivity index (χ0v) is 13.8. The predicted octanol–water partition coefficient (Wildman–Crippen LogP) is 3.02. The number of phenols is 1. The SMILES string of the molecule is Cc1cc(C)c(-c2ccc(NC[C@H]3CCCCN3)nn2)c(O)c1. The molecule has 5 nitrogen and oxygen atoms in total. The average molecular weight is 312 g/mol. The molecule has 3 N–H and O–H groups in total. The molecule has 23 heavy (non-hydrogen) atoms. The van der Waals surface area contributed by atoms with Crippen LogP contribution in [0.5, 0.6) is 5.75 Å². The van der Waals surface area contributed by atoms with Crippen LogP contribution in [0.4, 0.5) is 5.82 Å². The first-order valence-corrected chi connectivity index (χ1v) is 8.25. The van der Waals surface area contributed by atoms with Crippen LogP contribution >= 0.6 is 0 Å². The van der Waals surface area contributed by atoms with Crippen LogP contribution < -0.4 is 10.6 Å². The second kappa shape index (κ2) is 6.96. The van der Waals surface area contributed by atoms with Gasteiger partial charge in [-0.05, 0) is 62.6 Å². The molecule has 0 unspecified atom stereocenters. The maximum atomic E-state index is 10.2. The van der Waals surface area contributed by atoms with Crippen molar-refractivity contribution in [3.05, 3.63) is 35.4 Å². The van der Waals surface area contributed by atoms with Crippen molar-refractivity contribution in [2.75, 3.05) is 18.4 Å². The van der Waals surface area contributed by atoms with E-state index in [-0.39, 0.29) is 5.75 Å². The Morgan fingerprint density at radius 3 is 2.74 bits per heavy atom. The van der Waals surface area contributed by atoms with Crippen LogP contribution in [0.15, 0.2) is 24.3 Å². The Labute approximate surface area is 137 Å². The quantitative estimate of drug-likeness (QED) is 0.809. The summed E-state index contributed by atoms with van der Waals surface area (Å²) in [6.07, 6.45) is 3.76. The van der Waals surface area contributed by atoms with Crippen LogP contribution in [-0.2, 0) is 0 Å². The molecule has 0 bridgehead atoms. The predicted molar refractivity (Wildman–Crippen MR) is 92.7 cm³/mol. The number of phenolic OH excluding ortho intramolecular Hbond substituents is 1. The van der Waals surface area contributed by atoms with E-state index < -0.39 is 0 Å². The standard InChI is InChI=1S/C18H24N4O/c1-12-9-13(2)18(16(23)10-12)15-6-7-17(22-21-15)20-11-14-5-3-4-8-19-14/h6-7,9-10,14,19,23H,3-5,8,11H2,1-2H3,(H,20,22)/t14-/m1/s1. The van der Waals surface area contributed by atoms with E-state index in [4.69, 9.17) is 0 Å². The lowest BCUT2D eigenvalue weighted by Gasteiger charge is -2.23. The third kappa shape index (κ3) is 3.79. The lowest BCUT2D eigenvalue weighted by atomic mass is 10.0. The Bertz CT molecular complexity index is 640. The van der Waals surface area contributed by atoms with E-state index in [2.05, 4.69) is 20.8 Å². The highest BCUT2D eigenvalue weighted by atomic mass is 16.3. The highest BCUT2D eigenvalue weighted by Gasteiger charge is 2.13. The maximum absolute atomic E-state index is 10.2. The zero-order chi connectivity index (χ0) is 16.2. The smallest absolute Gasteiger partial charge is 0.148 e. The number of aromatic nitrogens is 2. The van der Waals surface area contributed by atoms with Gasteiger partial charge in [0.15, 0.2) is 0 Å². The molecule has 1 aromatic heterocycles. The second-order valence-electron chi connectivity index (χ2n) is 6.31. The number of aromatic hydroxyl groups is 1. The number of aryl methyl sites for hydroxylation is 2. The van der Waals surface area contributed by atoms with Gasteiger partial charge in [-0.1, -0.05) is 12.5 Å². The van der Waals surface area contributed by atoms with Gasteiger partial charge < -0.3 is 15.7 Å². The Morgan fingerprint density at radius 1 is 1.22 bits per heavy atom. The molecule has 0 radical (unpaired) electrons. The summed E-state index contributed by atoms with van der Waals surface area (Å²) in [5.74, 6) is 1.02. The number of hydrogen-bond acceptors (Lipinski definition) is 5. The van der Waals surface area contributed by atoms with Crippen LogP contribution in [0.3, 0.4) is 0 Å². The molecule has 1 aromatic carbocycles. The summed E-state index contributed by atoms with van der Waals surface area (Å²) in [5, 5.41) is 25.5. The van der Waals surface area contributed by atoms with E-state index in [1.165, 1.54) is 19.3 Å². The molecular weight excluding hydrogens is 288 g/mol. The van der Waals surface area contributed by atoms with Crippen molar-refractivity contribution in [2.24, 2.45) is 0 Å². The molecule has 3 rings (SSSR count). The third-order valence-corrected chi connectivity index (χ3v) is 4.32. The maximum Gasteiger partial charge on any atom is 0.148 e. The topological polar surface area (TPSA) is 70.1 Å². The fraction of sp³-hybridized carbons (Fsp3) is 0.444. The molecule has 1 atom stereocenters. The van der Waals surface area contributed by atoms with Crippen LogP contribution in [0.1, 0.15) is 30.4 Å². The molecule has 1 aliphatic rings. The number of rotatable bonds is 4. The van der Waals surface area contributed by atoms with Crippen molar-refractivity contribution in [1.29, 1.82) is 0 Å². The summed E-state index contributed by atoms with van der Waals surface area (Å²) in [7, 11) is 0. The van der Waals surface area contributed by atoms with E-state index in [9.17, 15) is 5.11 Å². The highest BCUT2D eigenvalue weighted by molar-refractivity contribution is 5.71. The Hall–Kier alpha value is -2.14. The van der Waals surface area contributed by atoms with Gasteiger partial charge in [-0.15, -0.1) is 10.2 Å². The Kier molecular flexibility index (Phi) is 4.76. The fourth-order valence-electron chi connectivity index (χ4n) is 3.16. The summed E-state index contributed by atoms with van der Waals surface area (Å²) in [6.45, 7) is 5.91. The van der Waals surface area contributed by atoms with Crippen molar-refractivity contribution in [2.45, 2.75) is 39.2 Å². The molecule has 122 valence electrons. The van der Waals surface area contributed by atoms with Crippen LogP contribution in [0.2, 0.25) is 0 Å². The van der Waals surface area contributed by atoms with Gasteiger partial charge in [-0.25, -0.2) is 0 Å². The molecule has 0 amide bonds. The first-order valence-electron chi connectivity index (χ1n) is 8.25. The molecule has 0 spiro atoms. The minimum Gasteiger partial charge on any atom is -0.507 e. The van der Waals surface area contributed by atoms with Crippen molar-refractivity contribution in [3.8, 4) is 17.0 Å². The highest BCUT2D eigenvalue weighted by Crippen LogP contribution is 2.32. The largest absolute Gasteiger partial charge is 0.507 e. The van der Waals surface area contributed by atoms with E-state index >= 15 is 0 Å². The summed E-state index contributed by atoms with van der Waals surface area (Å²) < 4.78 is 0. The molecule has 1 fully saturated rings. The van der Waals surface area contributed by atoms with Gasteiger partial charge in [0.2, 0.25) is 0 Å². The number of benzene rings is 1. The van der Waals surface area contributed by atoms with E-state index in [0.717, 1.165) is 35.6 Å². The monoisotopic (exact) mass is 312 g/mol. The molecular formula is C18H24N4O. The van der Waals surface area contributed by atoms with Crippen molar-refractivity contribution < 1.29 is 5.11 Å². The molecule has 0 aliphatic carbocycles. The number of nitrogens with zero attached hydrogens (tertiary/aromatic N) is 2. The van der Waals surface area contributed by atoms with E-state index in [1.54, 1.807) is 6.07 Å². The average Bonchev–Trinajstić information content (AvgIpc) is 2.54. The molecule has 0 saturated carbocycles. The summed E-state index contributed by atoms with van der Waals surface area (Å²) in [4.78, 5) is 0. The van der Waals surface area contributed by atoms with Crippen molar-refractivity contribution in [1.82, 2.24) is 15.5 Å². The molecule has 2 heterocycles. The summed E-state index contributed by atoms with van der Waals surface area (Å²) in [6, 6.07) is 8.13. The van der Waals surface area contributed by atoms with Gasteiger partial charge in [-0.3, -0.25) is 0 Å². The molecule has 2 aromatic rings. The second-order valence-corrected chi connectivity index (χ2v) is 6.31. The normalized spacial score (nSPS) is 17.9. The number of piperidine rings is 1. The lowest BCUT2D eigenvalue weighted by Crippen LogP contribution is -2.39. The van der Waals surface area contributed by atoms with Crippen LogP contribution in [-0.4, -0.2) is 34.4 Å². The first-order chi connectivity index (χ1) is 11.1.